The maximum absolute atomic E-state index is 12.1. The second-order valence-corrected chi connectivity index (χ2v) is 6.21. The van der Waals surface area contributed by atoms with Crippen LogP contribution in [0.15, 0.2) is 64.3 Å². The maximum Gasteiger partial charge on any atom is 0.263 e. The van der Waals surface area contributed by atoms with Gasteiger partial charge in [0.15, 0.2) is 5.58 Å². The van der Waals surface area contributed by atoms with E-state index in [2.05, 4.69) is 15.0 Å². The third kappa shape index (κ3) is 3.40. The predicted molar refractivity (Wildman–Crippen MR) is 102 cm³/mol. The molecule has 0 fully saturated rings. The topological polar surface area (TPSA) is 117 Å². The highest BCUT2D eigenvalue weighted by Crippen LogP contribution is 2.31. The van der Waals surface area contributed by atoms with Crippen LogP contribution in [0.3, 0.4) is 0 Å². The monoisotopic (exact) mass is 393 g/mol. The van der Waals surface area contributed by atoms with Crippen LogP contribution in [0.1, 0.15) is 5.56 Å². The molecule has 9 heteroatoms. The first-order chi connectivity index (χ1) is 13.5. The summed E-state index contributed by atoms with van der Waals surface area (Å²) in [6, 6.07) is 11.0. The van der Waals surface area contributed by atoms with E-state index in [1.807, 2.05) is 6.07 Å². The lowest BCUT2D eigenvalue weighted by molar-refractivity contribution is -0.398. The van der Waals surface area contributed by atoms with E-state index in [1.165, 1.54) is 12.3 Å². The number of halogens is 1. The molecule has 28 heavy (non-hydrogen) atoms. The largest absolute Gasteiger partial charge is 0.867 e. The van der Waals surface area contributed by atoms with Crippen molar-refractivity contribution in [2.75, 3.05) is 0 Å². The number of hydrogen-bond acceptors (Lipinski definition) is 7. The van der Waals surface area contributed by atoms with E-state index in [0.29, 0.717) is 22.7 Å². The predicted octanol–water partition coefficient (Wildman–Crippen LogP) is 4.28. The highest BCUT2D eigenvalue weighted by molar-refractivity contribution is 6.31. The van der Waals surface area contributed by atoms with Crippen LogP contribution in [0.4, 0.5) is 11.4 Å². The van der Waals surface area contributed by atoms with Crippen LogP contribution in [0.5, 0.6) is 5.75 Å². The molecule has 0 N–H and O–H groups in total. The van der Waals surface area contributed by atoms with Crippen molar-refractivity contribution in [1.29, 1.82) is 0 Å². The van der Waals surface area contributed by atoms with Crippen LogP contribution >= 0.6 is 11.6 Å². The van der Waals surface area contributed by atoms with Crippen molar-refractivity contribution in [3.8, 4) is 17.2 Å². The van der Waals surface area contributed by atoms with Crippen molar-refractivity contribution in [3.05, 3.63) is 75.6 Å². The highest BCUT2D eigenvalue weighted by atomic mass is 35.5. The zero-order chi connectivity index (χ0) is 19.7. The Hall–Kier alpha value is -3.78. The average Bonchev–Trinajstić information content (AvgIpc) is 3.12. The summed E-state index contributed by atoms with van der Waals surface area (Å²) in [6.45, 7) is 0. The van der Waals surface area contributed by atoms with Gasteiger partial charge in [-0.25, -0.2) is 4.98 Å². The Morgan fingerprint density at radius 2 is 2.07 bits per heavy atom. The van der Waals surface area contributed by atoms with Crippen molar-refractivity contribution in [1.82, 2.24) is 9.97 Å². The lowest BCUT2D eigenvalue weighted by atomic mass is 10.2. The molecule has 8 nitrogen and oxygen atoms in total. The normalized spacial score (nSPS) is 11.3. The lowest BCUT2D eigenvalue weighted by Gasteiger charge is -2.10. The molecule has 138 valence electrons. The third-order valence-corrected chi connectivity index (χ3v) is 4.11. The number of nitro benzene ring substituents is 1. The summed E-state index contributed by atoms with van der Waals surface area (Å²) in [5.41, 5.74) is 1.82. The van der Waals surface area contributed by atoms with Gasteiger partial charge in [0.2, 0.25) is 5.89 Å². The Morgan fingerprint density at radius 3 is 2.82 bits per heavy atom. The minimum Gasteiger partial charge on any atom is -0.867 e. The van der Waals surface area contributed by atoms with Gasteiger partial charge >= 0.3 is 0 Å². The van der Waals surface area contributed by atoms with Gasteiger partial charge in [0.25, 0.3) is 5.69 Å². The molecule has 2 heterocycles. The van der Waals surface area contributed by atoms with Crippen LogP contribution < -0.4 is 5.11 Å². The molecule has 0 amide bonds. The fourth-order valence-electron chi connectivity index (χ4n) is 2.58. The zero-order valence-electron chi connectivity index (χ0n) is 14.1. The summed E-state index contributed by atoms with van der Waals surface area (Å²) in [7, 11) is 0. The molecule has 0 aliphatic carbocycles. The first kappa shape index (κ1) is 17.6. The summed E-state index contributed by atoms with van der Waals surface area (Å²) < 4.78 is 5.70. The fourth-order valence-corrected chi connectivity index (χ4v) is 2.81. The smallest absolute Gasteiger partial charge is 0.263 e. The van der Waals surface area contributed by atoms with Gasteiger partial charge in [0.05, 0.1) is 16.2 Å². The summed E-state index contributed by atoms with van der Waals surface area (Å²) in [5.74, 6) is -0.323. The Morgan fingerprint density at radius 1 is 1.21 bits per heavy atom. The summed E-state index contributed by atoms with van der Waals surface area (Å²) in [5, 5.41) is 23.2. The van der Waals surface area contributed by atoms with Crippen molar-refractivity contribution in [2.24, 2.45) is 4.99 Å². The number of nitrogens with zero attached hydrogens (tertiary/aromatic N) is 4. The molecule has 0 atom stereocenters. The van der Waals surface area contributed by atoms with E-state index in [-0.39, 0.29) is 10.6 Å². The van der Waals surface area contributed by atoms with Crippen LogP contribution in [-0.2, 0) is 0 Å². The quantitative estimate of drug-likeness (QED) is 0.290. The van der Waals surface area contributed by atoms with E-state index < -0.39 is 16.4 Å². The van der Waals surface area contributed by atoms with E-state index in [1.54, 1.807) is 36.7 Å². The maximum atomic E-state index is 12.1. The number of pyridine rings is 1. The number of oxazole rings is 1. The van der Waals surface area contributed by atoms with Crippen molar-refractivity contribution >= 4 is 40.3 Å². The second kappa shape index (κ2) is 7.09. The number of benzene rings is 2. The minimum absolute atomic E-state index is 0.0236. The zero-order valence-corrected chi connectivity index (χ0v) is 14.8. The Balaban J connectivity index is 1.68. The molecule has 0 aliphatic heterocycles. The molecule has 0 spiro atoms. The number of hydrogen-bond donors (Lipinski definition) is 0. The number of aromatic nitrogens is 2. The van der Waals surface area contributed by atoms with Gasteiger partial charge in [-0.15, -0.1) is 0 Å². The van der Waals surface area contributed by atoms with Crippen molar-refractivity contribution in [3.63, 3.8) is 0 Å². The fraction of sp³-hybridized carbons (Fsp3) is 0. The van der Waals surface area contributed by atoms with E-state index in [4.69, 9.17) is 16.0 Å². The number of fused-ring (bicyclic) bond motifs is 1. The minimum atomic E-state index is -0.771. The van der Waals surface area contributed by atoms with Gasteiger partial charge in [0.1, 0.15) is 5.52 Å². The van der Waals surface area contributed by atoms with Gasteiger partial charge in [-0.1, -0.05) is 11.6 Å². The molecule has 0 saturated carbocycles. The van der Waals surface area contributed by atoms with Gasteiger partial charge in [-0.3, -0.25) is 20.1 Å². The molecule has 0 bridgehead atoms. The SMILES string of the molecule is O=[N+]([O-])c1cc(Cl)cc(C=Nc2ccc3oc(-c4cccnc4)nc3c2)c1[O-]. The molecule has 2 aromatic heterocycles. The highest BCUT2D eigenvalue weighted by Gasteiger charge is 2.12. The standard InChI is InChI=1S/C19H11ClN4O4/c20-13-6-12(18(25)16(7-13)24(26)27)10-22-14-3-4-17-15(8-14)23-19(28-17)11-2-1-5-21-9-11/h1-10,25H/p-1. The third-order valence-electron chi connectivity index (χ3n) is 3.89. The summed E-state index contributed by atoms with van der Waals surface area (Å²) in [4.78, 5) is 22.8. The molecule has 2 aromatic carbocycles. The second-order valence-electron chi connectivity index (χ2n) is 5.77. The van der Waals surface area contributed by atoms with Gasteiger partial charge in [-0.2, -0.15) is 0 Å². The van der Waals surface area contributed by atoms with Gasteiger partial charge in [0, 0.05) is 29.7 Å². The molecule has 4 aromatic rings. The first-order valence-electron chi connectivity index (χ1n) is 8.01. The van der Waals surface area contributed by atoms with Crippen LogP contribution in [-0.4, -0.2) is 21.1 Å². The summed E-state index contributed by atoms with van der Waals surface area (Å²) in [6.07, 6.45) is 4.54. The van der Waals surface area contributed by atoms with Crippen LogP contribution in [0.25, 0.3) is 22.6 Å². The molecular weight excluding hydrogens is 384 g/mol. The number of nitro groups is 1. The van der Waals surface area contributed by atoms with Crippen LogP contribution in [0, 0.1) is 10.1 Å². The van der Waals surface area contributed by atoms with E-state index >= 15 is 0 Å². The molecular formula is C19H10ClN4O4-. The van der Waals surface area contributed by atoms with Crippen molar-refractivity contribution < 1.29 is 14.4 Å². The van der Waals surface area contributed by atoms with Gasteiger partial charge < -0.3 is 9.52 Å². The Kier molecular flexibility index (Phi) is 4.46. The van der Waals surface area contributed by atoms with Crippen LogP contribution in [0.2, 0.25) is 5.02 Å². The van der Waals surface area contributed by atoms with E-state index in [0.717, 1.165) is 11.6 Å². The molecule has 4 rings (SSSR count). The Labute approximate surface area is 162 Å². The summed E-state index contributed by atoms with van der Waals surface area (Å²) >= 11 is 5.85. The molecule has 0 saturated heterocycles. The number of rotatable bonds is 4. The van der Waals surface area contributed by atoms with Gasteiger partial charge in [-0.05, 0) is 47.7 Å². The molecule has 0 unspecified atom stereocenters. The average molecular weight is 394 g/mol. The molecule has 0 radical (unpaired) electrons. The van der Waals surface area contributed by atoms with E-state index in [9.17, 15) is 15.2 Å². The number of aliphatic imine (C=N–C) groups is 1. The molecule has 0 aliphatic rings. The Bertz CT molecular complexity index is 1220. The lowest BCUT2D eigenvalue weighted by Crippen LogP contribution is -2.02. The first-order valence-corrected chi connectivity index (χ1v) is 8.39. The van der Waals surface area contributed by atoms with Crippen molar-refractivity contribution in [2.45, 2.75) is 0 Å².